The second-order valence-electron chi connectivity index (χ2n) is 5.66. The average molecular weight is 310 g/mol. The number of amides is 1. The van der Waals surface area contributed by atoms with Crippen LogP contribution in [-0.4, -0.2) is 55.6 Å². The Morgan fingerprint density at radius 1 is 1.33 bits per heavy atom. The minimum atomic E-state index is 0.263. The molecule has 0 spiro atoms. The fourth-order valence-corrected chi connectivity index (χ4v) is 3.59. The fraction of sp³-hybridized carbons (Fsp3) is 0.688. The van der Waals surface area contributed by atoms with Crippen molar-refractivity contribution in [1.82, 2.24) is 9.80 Å². The molecular formula is C16H26N2O2S. The van der Waals surface area contributed by atoms with Gasteiger partial charge in [0.25, 0.3) is 0 Å². The van der Waals surface area contributed by atoms with Gasteiger partial charge >= 0.3 is 0 Å². The molecule has 1 saturated heterocycles. The van der Waals surface area contributed by atoms with E-state index in [1.54, 1.807) is 18.4 Å². The molecule has 0 N–H and O–H groups in total. The van der Waals surface area contributed by atoms with Crippen molar-refractivity contribution in [2.45, 2.75) is 32.7 Å². The van der Waals surface area contributed by atoms with Crippen LogP contribution in [0.25, 0.3) is 0 Å². The Labute approximate surface area is 131 Å². The van der Waals surface area contributed by atoms with Gasteiger partial charge in [0.1, 0.15) is 0 Å². The molecule has 0 atom stereocenters. The van der Waals surface area contributed by atoms with Crippen molar-refractivity contribution in [3.05, 3.63) is 21.9 Å². The predicted octanol–water partition coefficient (Wildman–Crippen LogP) is 2.52. The molecule has 1 aliphatic heterocycles. The van der Waals surface area contributed by atoms with E-state index in [1.807, 2.05) is 4.90 Å². The van der Waals surface area contributed by atoms with E-state index < -0.39 is 0 Å². The summed E-state index contributed by atoms with van der Waals surface area (Å²) in [6.07, 6.45) is 3.55. The lowest BCUT2D eigenvalue weighted by atomic mass is 10.1. The minimum Gasteiger partial charge on any atom is -0.383 e. The van der Waals surface area contributed by atoms with E-state index in [2.05, 4.69) is 24.0 Å². The van der Waals surface area contributed by atoms with Crippen molar-refractivity contribution in [1.29, 1.82) is 0 Å². The number of likely N-dealkylation sites (tertiary alicyclic amines) is 1. The first kappa shape index (κ1) is 16.5. The van der Waals surface area contributed by atoms with Gasteiger partial charge in [0.2, 0.25) is 5.91 Å². The number of rotatable bonds is 7. The van der Waals surface area contributed by atoms with Crippen molar-refractivity contribution >= 4 is 17.2 Å². The Morgan fingerprint density at radius 2 is 2.10 bits per heavy atom. The SMILES string of the molecule is COCCN(CC(=O)N1CCCCC1)Cc1ccc(C)s1. The normalized spacial score (nSPS) is 15.7. The molecule has 0 aliphatic carbocycles. The van der Waals surface area contributed by atoms with Gasteiger partial charge in [-0.2, -0.15) is 0 Å². The van der Waals surface area contributed by atoms with Gasteiger partial charge in [-0.25, -0.2) is 0 Å². The van der Waals surface area contributed by atoms with Gasteiger partial charge in [0, 0.05) is 43.0 Å². The summed E-state index contributed by atoms with van der Waals surface area (Å²) in [7, 11) is 1.71. The van der Waals surface area contributed by atoms with Crippen LogP contribution in [0.15, 0.2) is 12.1 Å². The number of piperidine rings is 1. The summed E-state index contributed by atoms with van der Waals surface area (Å²) < 4.78 is 5.18. The molecular weight excluding hydrogens is 284 g/mol. The first-order valence-electron chi connectivity index (χ1n) is 7.73. The number of carbonyl (C=O) groups excluding carboxylic acids is 1. The first-order chi connectivity index (χ1) is 10.2. The molecule has 118 valence electrons. The van der Waals surface area contributed by atoms with Crippen LogP contribution in [0.1, 0.15) is 29.0 Å². The topological polar surface area (TPSA) is 32.8 Å². The predicted molar refractivity (Wildman–Crippen MR) is 86.6 cm³/mol. The Morgan fingerprint density at radius 3 is 2.71 bits per heavy atom. The lowest BCUT2D eigenvalue weighted by Crippen LogP contribution is -2.43. The number of ether oxygens (including phenoxy) is 1. The second-order valence-corrected chi connectivity index (χ2v) is 7.03. The summed E-state index contributed by atoms with van der Waals surface area (Å²) in [4.78, 5) is 19.3. The van der Waals surface area contributed by atoms with Gasteiger partial charge in [-0.05, 0) is 38.3 Å². The number of aryl methyl sites for hydroxylation is 1. The maximum Gasteiger partial charge on any atom is 0.236 e. The number of methoxy groups -OCH3 is 1. The zero-order chi connectivity index (χ0) is 15.1. The van der Waals surface area contributed by atoms with Gasteiger partial charge < -0.3 is 9.64 Å². The molecule has 1 aromatic heterocycles. The molecule has 2 heterocycles. The quantitative estimate of drug-likeness (QED) is 0.776. The Kier molecular flexibility index (Phi) is 6.67. The molecule has 5 heteroatoms. The van der Waals surface area contributed by atoms with Crippen molar-refractivity contribution in [3.63, 3.8) is 0 Å². The Bertz CT molecular complexity index is 441. The third kappa shape index (κ3) is 5.41. The van der Waals surface area contributed by atoms with Crippen LogP contribution in [0.2, 0.25) is 0 Å². The van der Waals surface area contributed by atoms with Crippen LogP contribution in [0.4, 0.5) is 0 Å². The van der Waals surface area contributed by atoms with Crippen molar-refractivity contribution < 1.29 is 9.53 Å². The number of hydrogen-bond acceptors (Lipinski definition) is 4. The van der Waals surface area contributed by atoms with Gasteiger partial charge in [0.15, 0.2) is 0 Å². The highest BCUT2D eigenvalue weighted by Gasteiger charge is 2.19. The van der Waals surface area contributed by atoms with Crippen LogP contribution < -0.4 is 0 Å². The van der Waals surface area contributed by atoms with E-state index in [-0.39, 0.29) is 5.91 Å². The van der Waals surface area contributed by atoms with Crippen LogP contribution in [-0.2, 0) is 16.1 Å². The molecule has 1 aliphatic rings. The molecule has 2 rings (SSSR count). The molecule has 1 aromatic rings. The van der Waals surface area contributed by atoms with Crippen molar-refractivity contribution in [2.75, 3.05) is 39.9 Å². The van der Waals surface area contributed by atoms with Crippen LogP contribution in [0.3, 0.4) is 0 Å². The Hall–Kier alpha value is -0.910. The highest BCUT2D eigenvalue weighted by atomic mass is 32.1. The second kappa shape index (κ2) is 8.51. The minimum absolute atomic E-state index is 0.263. The van der Waals surface area contributed by atoms with Gasteiger partial charge in [-0.3, -0.25) is 9.69 Å². The summed E-state index contributed by atoms with van der Waals surface area (Å²) in [6, 6.07) is 4.30. The maximum absolute atomic E-state index is 12.4. The summed E-state index contributed by atoms with van der Waals surface area (Å²) in [6.45, 7) is 6.77. The third-order valence-corrected chi connectivity index (χ3v) is 4.84. The lowest BCUT2D eigenvalue weighted by Gasteiger charge is -2.29. The number of carbonyl (C=O) groups is 1. The molecule has 0 unspecified atom stereocenters. The summed E-state index contributed by atoms with van der Waals surface area (Å²) in [5.74, 6) is 0.263. The van der Waals surface area contributed by atoms with Crippen LogP contribution >= 0.6 is 11.3 Å². The van der Waals surface area contributed by atoms with E-state index in [1.165, 1.54) is 16.2 Å². The van der Waals surface area contributed by atoms with E-state index >= 15 is 0 Å². The van der Waals surface area contributed by atoms with E-state index in [4.69, 9.17) is 4.74 Å². The molecule has 0 aromatic carbocycles. The fourth-order valence-electron chi connectivity index (χ4n) is 2.66. The lowest BCUT2D eigenvalue weighted by molar-refractivity contribution is -0.133. The standard InChI is InChI=1S/C16H26N2O2S/c1-14-6-7-15(21-14)12-17(10-11-20-2)13-16(19)18-8-4-3-5-9-18/h6-7H,3-5,8-13H2,1-2H3. The largest absolute Gasteiger partial charge is 0.383 e. The molecule has 1 amide bonds. The van der Waals surface area contributed by atoms with Crippen LogP contribution in [0.5, 0.6) is 0 Å². The van der Waals surface area contributed by atoms with Gasteiger partial charge in [-0.1, -0.05) is 0 Å². The smallest absolute Gasteiger partial charge is 0.236 e. The van der Waals surface area contributed by atoms with E-state index in [9.17, 15) is 4.79 Å². The molecule has 1 fully saturated rings. The summed E-state index contributed by atoms with van der Waals surface area (Å²) in [5.41, 5.74) is 0. The third-order valence-electron chi connectivity index (χ3n) is 3.85. The Balaban J connectivity index is 1.89. The molecule has 4 nitrogen and oxygen atoms in total. The molecule has 0 saturated carbocycles. The van der Waals surface area contributed by atoms with Crippen molar-refractivity contribution in [3.8, 4) is 0 Å². The maximum atomic E-state index is 12.4. The monoisotopic (exact) mass is 310 g/mol. The zero-order valence-electron chi connectivity index (χ0n) is 13.1. The van der Waals surface area contributed by atoms with Gasteiger partial charge in [0.05, 0.1) is 13.2 Å². The number of hydrogen-bond donors (Lipinski definition) is 0. The highest BCUT2D eigenvalue weighted by Crippen LogP contribution is 2.17. The van der Waals surface area contributed by atoms with E-state index in [0.717, 1.165) is 39.0 Å². The molecule has 0 radical (unpaired) electrons. The number of thiophene rings is 1. The first-order valence-corrected chi connectivity index (χ1v) is 8.55. The molecule has 0 bridgehead atoms. The number of nitrogens with zero attached hydrogens (tertiary/aromatic N) is 2. The van der Waals surface area contributed by atoms with Gasteiger partial charge in [-0.15, -0.1) is 11.3 Å². The molecule has 21 heavy (non-hydrogen) atoms. The van der Waals surface area contributed by atoms with Crippen LogP contribution in [0, 0.1) is 6.92 Å². The average Bonchev–Trinajstić information content (AvgIpc) is 2.90. The van der Waals surface area contributed by atoms with Crippen molar-refractivity contribution in [2.24, 2.45) is 0 Å². The summed E-state index contributed by atoms with van der Waals surface area (Å²) >= 11 is 1.80. The summed E-state index contributed by atoms with van der Waals surface area (Å²) in [5, 5.41) is 0. The van der Waals surface area contributed by atoms with E-state index in [0.29, 0.717) is 13.2 Å². The highest BCUT2D eigenvalue weighted by molar-refractivity contribution is 7.11. The zero-order valence-corrected chi connectivity index (χ0v) is 14.0.